The van der Waals surface area contributed by atoms with Gasteiger partial charge in [0.2, 0.25) is 0 Å². The van der Waals surface area contributed by atoms with Gasteiger partial charge in [-0.15, -0.1) is 0 Å². The van der Waals surface area contributed by atoms with Crippen LogP contribution in [0, 0.1) is 0 Å². The average Bonchev–Trinajstić information content (AvgIpc) is 2.95. The molecule has 0 aromatic heterocycles. The molecule has 2 unspecified atom stereocenters. The fraction of sp³-hybridized carbons (Fsp3) is 0.500. The van der Waals surface area contributed by atoms with E-state index in [0.29, 0.717) is 6.42 Å². The highest BCUT2D eigenvalue weighted by molar-refractivity contribution is 5.95. The molecule has 9 heteroatoms. The van der Waals surface area contributed by atoms with Crippen molar-refractivity contribution in [2.75, 3.05) is 20.8 Å². The number of hydrogen-bond acceptors (Lipinski definition) is 5. The van der Waals surface area contributed by atoms with Crippen LogP contribution in [0.4, 0.5) is 8.78 Å². The number of benzene rings is 1. The molecule has 1 saturated heterocycles. The Morgan fingerprint density at radius 1 is 1.32 bits per heavy atom. The minimum Gasteiger partial charge on any atom is -0.493 e. The van der Waals surface area contributed by atoms with E-state index in [1.165, 1.54) is 31.3 Å². The lowest BCUT2D eigenvalue weighted by molar-refractivity contribution is -0.138. The van der Waals surface area contributed by atoms with Crippen LogP contribution < -0.4 is 9.47 Å². The fourth-order valence-electron chi connectivity index (χ4n) is 2.85. The number of likely N-dealkylation sites (tertiary alicyclic amines) is 1. The van der Waals surface area contributed by atoms with Crippen LogP contribution in [-0.2, 0) is 9.53 Å². The zero-order chi connectivity index (χ0) is 18.6. The molecule has 1 aromatic rings. The minimum atomic E-state index is -3.07. The molecule has 1 heterocycles. The molecule has 25 heavy (non-hydrogen) atoms. The number of amides is 1. The van der Waals surface area contributed by atoms with Crippen LogP contribution in [0.3, 0.4) is 0 Å². The van der Waals surface area contributed by atoms with Crippen molar-refractivity contribution in [3.63, 3.8) is 0 Å². The van der Waals surface area contributed by atoms with Crippen molar-refractivity contribution in [3.8, 4) is 11.5 Å². The van der Waals surface area contributed by atoms with Crippen LogP contribution in [0.2, 0.25) is 0 Å². The highest BCUT2D eigenvalue weighted by Crippen LogP contribution is 2.31. The summed E-state index contributed by atoms with van der Waals surface area (Å²) in [7, 11) is 2.78. The van der Waals surface area contributed by atoms with E-state index in [9.17, 15) is 18.4 Å². The summed E-state index contributed by atoms with van der Waals surface area (Å²) in [6.45, 7) is -2.84. The standard InChI is InChI=1S/C16H19F2NO6/c1-23-11-6-10(7-14(20)21)19(8-11)15(22)9-3-4-12(24-2)13(5-9)25-16(17)18/h3-5,10-11,16H,6-8H2,1-2H3,(H,20,21). The number of carbonyl (C=O) groups is 2. The van der Waals surface area contributed by atoms with Gasteiger partial charge in [0.05, 0.1) is 19.6 Å². The molecule has 0 spiro atoms. The van der Waals surface area contributed by atoms with Crippen LogP contribution in [0.15, 0.2) is 18.2 Å². The smallest absolute Gasteiger partial charge is 0.387 e. The summed E-state index contributed by atoms with van der Waals surface area (Å²) >= 11 is 0. The Hall–Kier alpha value is -2.42. The molecule has 1 amide bonds. The van der Waals surface area contributed by atoms with Crippen molar-refractivity contribution < 1.29 is 37.7 Å². The zero-order valence-corrected chi connectivity index (χ0v) is 13.8. The Kier molecular flexibility index (Phi) is 6.13. The lowest BCUT2D eigenvalue weighted by Gasteiger charge is -2.23. The van der Waals surface area contributed by atoms with Gasteiger partial charge in [0, 0.05) is 25.3 Å². The summed E-state index contributed by atoms with van der Waals surface area (Å²) < 4.78 is 39.6. The number of ether oxygens (including phenoxy) is 3. The van der Waals surface area contributed by atoms with Gasteiger partial charge in [-0.05, 0) is 24.6 Å². The highest BCUT2D eigenvalue weighted by Gasteiger charge is 2.37. The number of hydrogen-bond donors (Lipinski definition) is 1. The van der Waals surface area contributed by atoms with Crippen molar-refractivity contribution in [3.05, 3.63) is 23.8 Å². The third kappa shape index (κ3) is 4.56. The van der Waals surface area contributed by atoms with Crippen LogP contribution in [0.1, 0.15) is 23.2 Å². The topological polar surface area (TPSA) is 85.3 Å². The summed E-state index contributed by atoms with van der Waals surface area (Å²) in [5.41, 5.74) is 0.101. The maximum atomic E-state index is 12.7. The summed E-state index contributed by atoms with van der Waals surface area (Å²) in [5, 5.41) is 9.02. The molecule has 1 aliphatic heterocycles. The number of carboxylic acids is 1. The molecule has 138 valence electrons. The van der Waals surface area contributed by atoms with Crippen LogP contribution >= 0.6 is 0 Å². The van der Waals surface area contributed by atoms with E-state index in [2.05, 4.69) is 4.74 Å². The molecule has 1 aliphatic rings. The normalized spacial score (nSPS) is 20.0. The molecule has 2 atom stereocenters. The van der Waals surface area contributed by atoms with Gasteiger partial charge in [-0.3, -0.25) is 9.59 Å². The molecule has 1 aromatic carbocycles. The van der Waals surface area contributed by atoms with Gasteiger partial charge >= 0.3 is 12.6 Å². The molecule has 0 aliphatic carbocycles. The van der Waals surface area contributed by atoms with Crippen molar-refractivity contribution >= 4 is 11.9 Å². The van der Waals surface area contributed by atoms with Gasteiger partial charge in [0.1, 0.15) is 0 Å². The zero-order valence-electron chi connectivity index (χ0n) is 13.8. The Labute approximate surface area is 143 Å². The largest absolute Gasteiger partial charge is 0.493 e. The van der Waals surface area contributed by atoms with E-state index in [1.54, 1.807) is 0 Å². The molecule has 0 radical (unpaired) electrons. The first-order chi connectivity index (χ1) is 11.8. The summed E-state index contributed by atoms with van der Waals surface area (Å²) in [4.78, 5) is 25.1. The number of methoxy groups -OCH3 is 2. The third-order valence-electron chi connectivity index (χ3n) is 4.01. The van der Waals surface area contributed by atoms with Gasteiger partial charge in [-0.1, -0.05) is 0 Å². The summed E-state index contributed by atoms with van der Waals surface area (Å²) in [6, 6.07) is 3.39. The van der Waals surface area contributed by atoms with E-state index in [-0.39, 0.29) is 36.1 Å². The molecule has 7 nitrogen and oxygen atoms in total. The number of carboxylic acid groups (broad SMARTS) is 1. The van der Waals surface area contributed by atoms with Crippen LogP contribution in [0.5, 0.6) is 11.5 Å². The van der Waals surface area contributed by atoms with Crippen molar-refractivity contribution in [1.82, 2.24) is 4.90 Å². The molecule has 1 fully saturated rings. The number of nitrogens with zero attached hydrogens (tertiary/aromatic N) is 1. The van der Waals surface area contributed by atoms with Gasteiger partial charge in [-0.25, -0.2) is 0 Å². The quantitative estimate of drug-likeness (QED) is 0.802. The van der Waals surface area contributed by atoms with E-state index in [4.69, 9.17) is 14.6 Å². The predicted octanol–water partition coefficient (Wildman–Crippen LogP) is 2.00. The number of rotatable bonds is 7. The van der Waals surface area contributed by atoms with Crippen LogP contribution in [0.25, 0.3) is 0 Å². The fourth-order valence-corrected chi connectivity index (χ4v) is 2.85. The van der Waals surface area contributed by atoms with E-state index in [1.807, 2.05) is 0 Å². The molecule has 2 rings (SSSR count). The second-order valence-corrected chi connectivity index (χ2v) is 5.55. The van der Waals surface area contributed by atoms with Gasteiger partial charge in [0.25, 0.3) is 5.91 Å². The number of halogens is 2. The Balaban J connectivity index is 2.27. The van der Waals surface area contributed by atoms with Crippen molar-refractivity contribution in [2.24, 2.45) is 0 Å². The van der Waals surface area contributed by atoms with Crippen molar-refractivity contribution in [2.45, 2.75) is 31.6 Å². The second-order valence-electron chi connectivity index (χ2n) is 5.55. The number of carbonyl (C=O) groups excluding carboxylic acids is 1. The highest BCUT2D eigenvalue weighted by atomic mass is 19.3. The summed E-state index contributed by atoms with van der Waals surface area (Å²) in [6.07, 6.45) is -0.101. The molecule has 1 N–H and O–H groups in total. The maximum Gasteiger partial charge on any atom is 0.387 e. The molecule has 0 saturated carbocycles. The predicted molar refractivity (Wildman–Crippen MR) is 82.1 cm³/mol. The lowest BCUT2D eigenvalue weighted by atomic mass is 10.1. The SMILES string of the molecule is COc1ccc(C(=O)N2CC(OC)CC2CC(=O)O)cc1OC(F)F. The second kappa shape index (κ2) is 8.11. The van der Waals surface area contributed by atoms with Gasteiger partial charge in [-0.2, -0.15) is 8.78 Å². The average molecular weight is 359 g/mol. The van der Waals surface area contributed by atoms with Crippen molar-refractivity contribution in [1.29, 1.82) is 0 Å². The third-order valence-corrected chi connectivity index (χ3v) is 4.01. The number of aliphatic carboxylic acids is 1. The molecular formula is C16H19F2NO6. The Bertz CT molecular complexity index is 639. The number of alkyl halides is 2. The Morgan fingerprint density at radius 2 is 2.04 bits per heavy atom. The summed E-state index contributed by atoms with van der Waals surface area (Å²) in [5.74, 6) is -1.71. The van der Waals surface area contributed by atoms with E-state index >= 15 is 0 Å². The molecular weight excluding hydrogens is 340 g/mol. The van der Waals surface area contributed by atoms with Gasteiger partial charge in [0.15, 0.2) is 11.5 Å². The Morgan fingerprint density at radius 3 is 2.60 bits per heavy atom. The first kappa shape index (κ1) is 18.9. The monoisotopic (exact) mass is 359 g/mol. The van der Waals surface area contributed by atoms with E-state index < -0.39 is 24.5 Å². The van der Waals surface area contributed by atoms with Crippen LogP contribution in [-0.4, -0.2) is 61.4 Å². The van der Waals surface area contributed by atoms with E-state index in [0.717, 1.165) is 6.07 Å². The minimum absolute atomic E-state index is 0.0649. The first-order valence-electron chi connectivity index (χ1n) is 7.54. The van der Waals surface area contributed by atoms with Gasteiger partial charge < -0.3 is 24.2 Å². The molecule has 0 bridgehead atoms. The first-order valence-corrected chi connectivity index (χ1v) is 7.54. The maximum absolute atomic E-state index is 12.7. The lowest BCUT2D eigenvalue weighted by Crippen LogP contribution is -2.37.